The summed E-state index contributed by atoms with van der Waals surface area (Å²) in [5.41, 5.74) is 0.802. The van der Waals surface area contributed by atoms with Crippen molar-refractivity contribution in [1.29, 1.82) is 0 Å². The van der Waals surface area contributed by atoms with E-state index in [9.17, 15) is 29.0 Å². The van der Waals surface area contributed by atoms with Crippen molar-refractivity contribution in [2.45, 2.75) is 82.5 Å². The van der Waals surface area contributed by atoms with E-state index < -0.39 is 54.5 Å². The third-order valence-electron chi connectivity index (χ3n) is 7.70. The van der Waals surface area contributed by atoms with Crippen molar-refractivity contribution in [3.63, 3.8) is 0 Å². The number of rotatable bonds is 16. The molecule has 1 aliphatic carbocycles. The summed E-state index contributed by atoms with van der Waals surface area (Å²) in [7, 11) is 0.703. The Kier molecular flexibility index (Phi) is 13.1. The van der Waals surface area contributed by atoms with Gasteiger partial charge in [0.25, 0.3) is 0 Å². The molecule has 1 aliphatic rings. The number of fused-ring (bicyclic) bond motifs is 1. The van der Waals surface area contributed by atoms with Gasteiger partial charge in [0.1, 0.15) is 6.54 Å². The number of carbonyl (C=O) groups is 4. The summed E-state index contributed by atoms with van der Waals surface area (Å²) in [6.45, 7) is 1.16. The number of hydrogen-bond donors (Lipinski definition) is 6. The fourth-order valence-electron chi connectivity index (χ4n) is 5.54. The first-order valence-electron chi connectivity index (χ1n) is 14.7. The number of aliphatic hydroxyl groups is 1. The molecule has 0 heterocycles. The summed E-state index contributed by atoms with van der Waals surface area (Å²) in [6.07, 6.45) is 3.97. The Hall–Kier alpha value is -3.64. The molecule has 4 atom stereocenters. The van der Waals surface area contributed by atoms with Crippen LogP contribution in [0.1, 0.15) is 57.4 Å². The summed E-state index contributed by atoms with van der Waals surface area (Å²) in [4.78, 5) is 50.6. The van der Waals surface area contributed by atoms with Crippen LogP contribution in [0.2, 0.25) is 0 Å². The fourth-order valence-corrected chi connectivity index (χ4v) is 5.54. The molecule has 0 spiro atoms. The third kappa shape index (κ3) is 9.73. The molecule has 0 aromatic heterocycles. The Morgan fingerprint density at radius 2 is 1.67 bits per heavy atom. The molecule has 2 aromatic rings. The molecule has 2 unspecified atom stereocenters. The SMILES string of the molecule is CCCC(NC(=O)[C@H](Cc1ccc2ccccc2c1)NC(=O)[C@@H](NCB=O)C1CCCCC1)C(O)C(=O)NCC(=O)O. The zero-order valence-corrected chi connectivity index (χ0v) is 24.0. The van der Waals surface area contributed by atoms with Crippen LogP contribution in [0.5, 0.6) is 0 Å². The van der Waals surface area contributed by atoms with Crippen molar-refractivity contribution < 1.29 is 34.1 Å². The summed E-state index contributed by atoms with van der Waals surface area (Å²) >= 11 is 0. The van der Waals surface area contributed by atoms with Gasteiger partial charge in [-0.15, -0.1) is 0 Å². The van der Waals surface area contributed by atoms with Crippen LogP contribution in [0.15, 0.2) is 42.5 Å². The second-order valence-electron chi connectivity index (χ2n) is 10.9. The van der Waals surface area contributed by atoms with Crippen LogP contribution < -0.4 is 21.3 Å². The molecular weight excluding hydrogens is 539 g/mol. The average Bonchev–Trinajstić information content (AvgIpc) is 2.99. The number of carboxylic acid groups (broad SMARTS) is 1. The van der Waals surface area contributed by atoms with Crippen LogP contribution >= 0.6 is 0 Å². The van der Waals surface area contributed by atoms with Crippen molar-refractivity contribution in [2.24, 2.45) is 5.92 Å². The number of carbonyl (C=O) groups excluding carboxylic acids is 3. The van der Waals surface area contributed by atoms with E-state index in [0.717, 1.165) is 48.4 Å². The van der Waals surface area contributed by atoms with Gasteiger partial charge in [0.05, 0.1) is 0 Å². The van der Waals surface area contributed by atoms with Gasteiger partial charge in [-0.3, -0.25) is 4.79 Å². The van der Waals surface area contributed by atoms with Crippen LogP contribution in [0, 0.1) is 5.92 Å². The monoisotopic (exact) mass is 580 g/mol. The predicted molar refractivity (Wildman–Crippen MR) is 158 cm³/mol. The van der Waals surface area contributed by atoms with Gasteiger partial charge in [-0.05, 0) is 0 Å². The summed E-state index contributed by atoms with van der Waals surface area (Å²) in [5, 5.41) is 32.3. The molecule has 3 rings (SSSR count). The van der Waals surface area contributed by atoms with E-state index in [1.807, 2.05) is 49.4 Å². The Balaban J connectivity index is 1.85. The molecule has 0 aliphatic heterocycles. The number of aliphatic carboxylic acids is 1. The molecule has 1 fully saturated rings. The van der Waals surface area contributed by atoms with E-state index in [-0.39, 0.29) is 25.2 Å². The third-order valence-corrected chi connectivity index (χ3v) is 7.70. The van der Waals surface area contributed by atoms with Crippen LogP contribution in [-0.2, 0) is 30.3 Å². The molecule has 226 valence electrons. The maximum atomic E-state index is 13.7. The fraction of sp³-hybridized carbons (Fsp3) is 0.533. The van der Waals surface area contributed by atoms with Crippen molar-refractivity contribution in [2.75, 3.05) is 13.0 Å². The van der Waals surface area contributed by atoms with E-state index in [0.29, 0.717) is 13.6 Å². The molecular formula is C30H41BN4O7. The number of carboxylic acids is 1. The van der Waals surface area contributed by atoms with E-state index in [2.05, 4.69) is 21.3 Å². The molecule has 42 heavy (non-hydrogen) atoms. The number of nitrogens with one attached hydrogen (secondary N) is 4. The molecule has 12 heteroatoms. The second kappa shape index (κ2) is 16.7. The van der Waals surface area contributed by atoms with Crippen molar-refractivity contribution >= 4 is 41.6 Å². The minimum absolute atomic E-state index is 0.00629. The standard InChI is InChI=1S/C30H41BN4O7/c1-2-8-23(27(38)30(41)32-17-25(36)37)34-28(39)24(16-19-13-14-20-9-6-7-12-22(20)15-19)35-29(40)26(33-18-31-42)21-10-4-3-5-11-21/h6-7,9,12-15,21,23-24,26-27,33,38H,2-5,8,10-11,16-18H2,1H3,(H,32,41)(H,34,39)(H,35,40)(H,36,37)/t23?,24-,26-,27?/m0/s1. The van der Waals surface area contributed by atoms with E-state index in [4.69, 9.17) is 5.11 Å². The minimum Gasteiger partial charge on any atom is -0.480 e. The molecule has 0 saturated heterocycles. The molecule has 1 saturated carbocycles. The quantitative estimate of drug-likeness (QED) is 0.161. The van der Waals surface area contributed by atoms with Crippen molar-refractivity contribution in [3.8, 4) is 0 Å². The van der Waals surface area contributed by atoms with Gasteiger partial charge in [0.2, 0.25) is 0 Å². The maximum absolute atomic E-state index is 13.7. The van der Waals surface area contributed by atoms with Crippen LogP contribution in [-0.4, -0.2) is 78.3 Å². The number of aliphatic hydroxyl groups excluding tert-OH is 1. The Morgan fingerprint density at radius 3 is 2.33 bits per heavy atom. The van der Waals surface area contributed by atoms with Crippen LogP contribution in [0.3, 0.4) is 0 Å². The normalized spacial score (nSPS) is 16.4. The van der Waals surface area contributed by atoms with Gasteiger partial charge in [-0.2, -0.15) is 0 Å². The topological polar surface area (TPSA) is 174 Å². The number of amides is 3. The van der Waals surface area contributed by atoms with Gasteiger partial charge in [0, 0.05) is 0 Å². The van der Waals surface area contributed by atoms with E-state index in [1.165, 1.54) is 0 Å². The zero-order valence-electron chi connectivity index (χ0n) is 24.0. The summed E-state index contributed by atoms with van der Waals surface area (Å²) in [5.74, 6) is -3.13. The smallest absolute Gasteiger partial charge is 0.480 e. The molecule has 6 N–H and O–H groups in total. The second-order valence-corrected chi connectivity index (χ2v) is 10.9. The van der Waals surface area contributed by atoms with Gasteiger partial charge >= 0.3 is 224 Å². The molecule has 0 bridgehead atoms. The molecule has 0 radical (unpaired) electrons. The van der Waals surface area contributed by atoms with Crippen LogP contribution in [0.25, 0.3) is 10.8 Å². The van der Waals surface area contributed by atoms with Gasteiger partial charge in [0.15, 0.2) is 0 Å². The first-order valence-corrected chi connectivity index (χ1v) is 14.7. The molecule has 2 aromatic carbocycles. The summed E-state index contributed by atoms with van der Waals surface area (Å²) < 4.78 is 11.1. The Labute approximate surface area is 246 Å². The summed E-state index contributed by atoms with van der Waals surface area (Å²) in [6, 6.07) is 10.8. The Bertz CT molecular complexity index is 1240. The van der Waals surface area contributed by atoms with Gasteiger partial charge in [-0.25, -0.2) is 0 Å². The predicted octanol–water partition coefficient (Wildman–Crippen LogP) is 1.26. The Morgan fingerprint density at radius 1 is 0.952 bits per heavy atom. The molecule has 11 nitrogen and oxygen atoms in total. The van der Waals surface area contributed by atoms with Crippen molar-refractivity contribution in [3.05, 3.63) is 48.0 Å². The van der Waals surface area contributed by atoms with Gasteiger partial charge in [-0.1, -0.05) is 6.07 Å². The minimum atomic E-state index is -1.69. The van der Waals surface area contributed by atoms with Crippen LogP contribution in [0.4, 0.5) is 0 Å². The van der Waals surface area contributed by atoms with Gasteiger partial charge < -0.3 is 5.11 Å². The first kappa shape index (κ1) is 32.9. The average molecular weight is 580 g/mol. The zero-order chi connectivity index (χ0) is 30.5. The van der Waals surface area contributed by atoms with E-state index >= 15 is 0 Å². The van der Waals surface area contributed by atoms with Crippen molar-refractivity contribution in [1.82, 2.24) is 21.3 Å². The first-order chi connectivity index (χ1) is 20.2. The number of benzene rings is 2. The molecule has 3 amide bonds. The number of hydrogen-bond acceptors (Lipinski definition) is 7. The van der Waals surface area contributed by atoms with E-state index in [1.54, 1.807) is 0 Å².